The van der Waals surface area contributed by atoms with Crippen molar-refractivity contribution in [2.75, 3.05) is 6.54 Å². The highest BCUT2D eigenvalue weighted by atomic mass is 32.2. The van der Waals surface area contributed by atoms with Crippen molar-refractivity contribution in [2.45, 2.75) is 29.8 Å². The zero-order valence-corrected chi connectivity index (χ0v) is 21.2. The molecule has 3 aromatic carbocycles. The number of nitrogens with two attached hydrogens (primary N) is 2. The van der Waals surface area contributed by atoms with Crippen LogP contribution in [0.3, 0.4) is 0 Å². The van der Waals surface area contributed by atoms with Gasteiger partial charge in [-0.3, -0.25) is 9.59 Å². The molecule has 0 saturated carbocycles. The van der Waals surface area contributed by atoms with Gasteiger partial charge < -0.3 is 16.8 Å². The molecule has 2 atom stereocenters. The monoisotopic (exact) mass is 522 g/mol. The number of rotatable bonds is 10. The first kappa shape index (κ1) is 29.5. The first-order valence-corrected chi connectivity index (χ1v) is 11.6. The summed E-state index contributed by atoms with van der Waals surface area (Å²) in [5.74, 6) is -1.38. The Morgan fingerprint density at radius 1 is 0.853 bits per heavy atom. The molecule has 0 spiro atoms. The van der Waals surface area contributed by atoms with Crippen molar-refractivity contribution in [3.8, 4) is 0 Å². The Kier molecular flexibility index (Phi) is 11.6. The minimum atomic E-state index is -4.05. The van der Waals surface area contributed by atoms with Crippen LogP contribution in [0.5, 0.6) is 0 Å². The number of hydrogen-bond acceptors (Lipinski definition) is 5. The Morgan fingerprint density at radius 2 is 1.47 bits per heavy atom. The van der Waals surface area contributed by atoms with Crippen molar-refractivity contribution in [1.82, 2.24) is 10.0 Å². The Hall–Kier alpha value is -2.57. The van der Waals surface area contributed by atoms with Crippen LogP contribution in [0.1, 0.15) is 12.0 Å². The molecule has 184 valence electrons. The van der Waals surface area contributed by atoms with E-state index in [1.54, 1.807) is 30.3 Å². The van der Waals surface area contributed by atoms with E-state index in [-0.39, 0.29) is 51.3 Å². The van der Waals surface area contributed by atoms with E-state index in [4.69, 9.17) is 11.5 Å². The van der Waals surface area contributed by atoms with E-state index in [1.807, 2.05) is 36.4 Å². The third-order valence-electron chi connectivity index (χ3n) is 5.05. The zero-order valence-electron chi connectivity index (χ0n) is 18.4. The summed E-state index contributed by atoms with van der Waals surface area (Å²) in [6.45, 7) is 0.0655. The van der Waals surface area contributed by atoms with Gasteiger partial charge in [0.1, 0.15) is 12.1 Å². The molecule has 3 aromatic rings. The maximum Gasteiger partial charge on any atom is 0.241 e. The molecule has 0 saturated heterocycles. The van der Waals surface area contributed by atoms with E-state index in [0.717, 1.165) is 10.9 Å². The second kappa shape index (κ2) is 13.4. The fourth-order valence-corrected chi connectivity index (χ4v) is 4.90. The highest BCUT2D eigenvalue weighted by Crippen LogP contribution is 2.23. The lowest BCUT2D eigenvalue weighted by Crippen LogP contribution is -2.54. The van der Waals surface area contributed by atoms with Crippen molar-refractivity contribution < 1.29 is 18.0 Å². The SMILES string of the molecule is NCC[C@H](NS(=O)(=O)c1cccc2ccccc12)C(=O)N[C@@H](Cc1ccccc1)C(N)=O.S.S. The fraction of sp³-hybridized carbons (Fsp3) is 0.217. The number of amides is 2. The van der Waals surface area contributed by atoms with Crippen LogP contribution < -0.4 is 21.5 Å². The second-order valence-corrected chi connectivity index (χ2v) is 9.06. The highest BCUT2D eigenvalue weighted by Gasteiger charge is 2.29. The van der Waals surface area contributed by atoms with Crippen LogP contribution in [-0.2, 0) is 26.0 Å². The average Bonchev–Trinajstić information content (AvgIpc) is 2.78. The molecule has 8 nitrogen and oxygen atoms in total. The number of carbonyl (C=O) groups is 2. The number of carbonyl (C=O) groups excluding carboxylic acids is 2. The molecule has 0 unspecified atom stereocenters. The largest absolute Gasteiger partial charge is 0.368 e. The summed E-state index contributed by atoms with van der Waals surface area (Å²) in [7, 11) is -4.05. The maximum atomic E-state index is 13.1. The molecular formula is C23H30N4O4S3. The normalized spacial score (nSPS) is 12.6. The number of hydrogen-bond donors (Lipinski definition) is 4. The summed E-state index contributed by atoms with van der Waals surface area (Å²) in [4.78, 5) is 24.9. The third kappa shape index (κ3) is 7.47. The Balaban J connectivity index is 0.00000289. The van der Waals surface area contributed by atoms with E-state index in [2.05, 4.69) is 10.0 Å². The van der Waals surface area contributed by atoms with E-state index in [9.17, 15) is 18.0 Å². The molecule has 0 fully saturated rings. The predicted octanol–water partition coefficient (Wildman–Crippen LogP) is 1.27. The minimum Gasteiger partial charge on any atom is -0.368 e. The van der Waals surface area contributed by atoms with Crippen LogP contribution in [-0.4, -0.2) is 38.9 Å². The summed E-state index contributed by atoms with van der Waals surface area (Å²) in [6.07, 6.45) is 0.236. The van der Waals surface area contributed by atoms with Gasteiger partial charge in [0.25, 0.3) is 0 Å². The standard InChI is InChI=1S/C23H26N4O4S.2H2S/c24-14-13-19(23(29)26-20(22(25)28)15-16-7-2-1-3-8-16)27-32(30,31)21-12-6-10-17-9-4-5-11-18(17)21;;/h1-12,19-20,27H,13-15,24H2,(H2,25,28)(H,26,29);2*1H2/t19-,20-;;/m0../s1. The van der Waals surface area contributed by atoms with Crippen LogP contribution in [0, 0.1) is 0 Å². The highest BCUT2D eigenvalue weighted by molar-refractivity contribution is 7.89. The molecule has 0 bridgehead atoms. The van der Waals surface area contributed by atoms with Gasteiger partial charge in [0.15, 0.2) is 0 Å². The number of benzene rings is 3. The zero-order chi connectivity index (χ0) is 23.1. The van der Waals surface area contributed by atoms with Gasteiger partial charge in [0.05, 0.1) is 4.90 Å². The second-order valence-electron chi connectivity index (χ2n) is 7.38. The Labute approximate surface area is 213 Å². The summed E-state index contributed by atoms with van der Waals surface area (Å²) in [5, 5.41) is 3.86. The van der Waals surface area contributed by atoms with Gasteiger partial charge in [-0.25, -0.2) is 8.42 Å². The minimum absolute atomic E-state index is 0. The van der Waals surface area contributed by atoms with Gasteiger partial charge in [0.2, 0.25) is 21.8 Å². The molecular weight excluding hydrogens is 492 g/mol. The van der Waals surface area contributed by atoms with Crippen LogP contribution in [0.25, 0.3) is 10.8 Å². The lowest BCUT2D eigenvalue weighted by molar-refractivity contribution is -0.128. The van der Waals surface area contributed by atoms with Crippen molar-refractivity contribution in [2.24, 2.45) is 11.5 Å². The summed E-state index contributed by atoms with van der Waals surface area (Å²) in [6, 6.07) is 18.9. The number of fused-ring (bicyclic) bond motifs is 1. The lowest BCUT2D eigenvalue weighted by atomic mass is 10.0. The fourth-order valence-electron chi connectivity index (χ4n) is 3.44. The molecule has 0 heterocycles. The smallest absolute Gasteiger partial charge is 0.241 e. The summed E-state index contributed by atoms with van der Waals surface area (Å²) in [5.41, 5.74) is 11.9. The Morgan fingerprint density at radius 3 is 2.12 bits per heavy atom. The topological polar surface area (TPSA) is 144 Å². The molecule has 34 heavy (non-hydrogen) atoms. The first-order valence-electron chi connectivity index (χ1n) is 10.2. The molecule has 2 amide bonds. The van der Waals surface area contributed by atoms with Gasteiger partial charge >= 0.3 is 0 Å². The number of primary amides is 1. The molecule has 0 aliphatic carbocycles. The Bertz CT molecular complexity index is 1200. The molecule has 0 aliphatic rings. The number of sulfonamides is 1. The van der Waals surface area contributed by atoms with Gasteiger partial charge in [0, 0.05) is 11.8 Å². The summed E-state index contributed by atoms with van der Waals surface area (Å²) >= 11 is 0. The molecule has 0 radical (unpaired) electrons. The van der Waals surface area contributed by atoms with E-state index in [1.165, 1.54) is 6.07 Å². The van der Waals surface area contributed by atoms with Crippen LogP contribution >= 0.6 is 27.0 Å². The molecule has 11 heteroatoms. The molecule has 0 aliphatic heterocycles. The number of nitrogens with one attached hydrogen (secondary N) is 2. The van der Waals surface area contributed by atoms with Crippen LogP contribution in [0.15, 0.2) is 77.7 Å². The summed E-state index contributed by atoms with van der Waals surface area (Å²) < 4.78 is 28.7. The first-order chi connectivity index (χ1) is 15.3. The molecule has 0 aromatic heterocycles. The van der Waals surface area contributed by atoms with Crippen LogP contribution in [0.2, 0.25) is 0 Å². The van der Waals surface area contributed by atoms with Crippen molar-refractivity contribution in [3.63, 3.8) is 0 Å². The van der Waals surface area contributed by atoms with Crippen molar-refractivity contribution in [1.29, 1.82) is 0 Å². The quantitative estimate of drug-likeness (QED) is 0.317. The predicted molar refractivity (Wildman–Crippen MR) is 144 cm³/mol. The van der Waals surface area contributed by atoms with E-state index >= 15 is 0 Å². The maximum absolute atomic E-state index is 13.1. The van der Waals surface area contributed by atoms with Crippen molar-refractivity contribution in [3.05, 3.63) is 78.4 Å². The van der Waals surface area contributed by atoms with Gasteiger partial charge in [-0.2, -0.15) is 31.7 Å². The van der Waals surface area contributed by atoms with Gasteiger partial charge in [-0.15, -0.1) is 0 Å². The van der Waals surface area contributed by atoms with Crippen molar-refractivity contribution >= 4 is 59.6 Å². The van der Waals surface area contributed by atoms with Gasteiger partial charge in [-0.1, -0.05) is 66.7 Å². The van der Waals surface area contributed by atoms with Gasteiger partial charge in [-0.05, 0) is 30.0 Å². The average molecular weight is 523 g/mol. The molecule has 6 N–H and O–H groups in total. The van der Waals surface area contributed by atoms with E-state index < -0.39 is 33.9 Å². The third-order valence-corrected chi connectivity index (χ3v) is 6.58. The molecule has 3 rings (SSSR count). The van der Waals surface area contributed by atoms with Crippen LogP contribution in [0.4, 0.5) is 0 Å². The van der Waals surface area contributed by atoms with E-state index in [0.29, 0.717) is 5.39 Å². The lowest BCUT2D eigenvalue weighted by Gasteiger charge is -2.22.